The summed E-state index contributed by atoms with van der Waals surface area (Å²) >= 11 is 0. The monoisotopic (exact) mass is 998 g/mol. The summed E-state index contributed by atoms with van der Waals surface area (Å²) in [6, 6.07) is -0.550. The number of carbonyl (C=O) groups excluding carboxylic acids is 2. The highest BCUT2D eigenvalue weighted by Crippen LogP contribution is 2.17. The molecule has 1 amide bonds. The van der Waals surface area contributed by atoms with E-state index in [9.17, 15) is 19.8 Å². The van der Waals surface area contributed by atoms with Crippen LogP contribution in [0, 0.1) is 0 Å². The van der Waals surface area contributed by atoms with Crippen LogP contribution in [0.3, 0.4) is 0 Å². The van der Waals surface area contributed by atoms with Crippen LogP contribution < -0.4 is 5.32 Å². The van der Waals surface area contributed by atoms with E-state index in [0.717, 1.165) is 70.6 Å². The van der Waals surface area contributed by atoms with E-state index in [1.807, 2.05) is 0 Å². The molecule has 0 aliphatic carbocycles. The Morgan fingerprint density at radius 2 is 0.704 bits per heavy atom. The van der Waals surface area contributed by atoms with Crippen molar-refractivity contribution in [3.63, 3.8) is 0 Å². The number of hydrogen-bond donors (Lipinski definition) is 3. The molecule has 0 heterocycles. The molecule has 0 fully saturated rings. The molecule has 418 valence electrons. The van der Waals surface area contributed by atoms with Gasteiger partial charge in [-0.1, -0.05) is 281 Å². The van der Waals surface area contributed by atoms with Gasteiger partial charge in [-0.05, 0) is 83.5 Å². The van der Waals surface area contributed by atoms with Crippen LogP contribution in [0.5, 0.6) is 0 Å². The molecule has 6 nitrogen and oxygen atoms in total. The fraction of sp³-hybridized carbons (Fsp3) is 0.877. The molecule has 0 bridgehead atoms. The Hall–Kier alpha value is -1.92. The number of nitrogens with one attached hydrogen (secondary N) is 1. The molecular formula is C65H123NO5. The van der Waals surface area contributed by atoms with Crippen LogP contribution >= 0.6 is 0 Å². The van der Waals surface area contributed by atoms with Gasteiger partial charge in [-0.3, -0.25) is 9.59 Å². The number of aliphatic hydroxyl groups is 2. The summed E-state index contributed by atoms with van der Waals surface area (Å²) in [4.78, 5) is 24.6. The molecule has 0 saturated heterocycles. The van der Waals surface area contributed by atoms with Gasteiger partial charge >= 0.3 is 5.97 Å². The molecule has 0 aromatic rings. The van der Waals surface area contributed by atoms with Crippen molar-refractivity contribution in [3.05, 3.63) is 36.5 Å². The minimum absolute atomic E-state index is 0.0159. The quantitative estimate of drug-likeness (QED) is 0.0244. The maximum absolute atomic E-state index is 12.5. The predicted molar refractivity (Wildman–Crippen MR) is 310 cm³/mol. The van der Waals surface area contributed by atoms with Gasteiger partial charge in [0.05, 0.1) is 25.4 Å². The second kappa shape index (κ2) is 60.6. The van der Waals surface area contributed by atoms with E-state index < -0.39 is 12.1 Å². The van der Waals surface area contributed by atoms with Gasteiger partial charge < -0.3 is 20.3 Å². The topological polar surface area (TPSA) is 95.9 Å². The molecule has 2 unspecified atom stereocenters. The highest BCUT2D eigenvalue weighted by Gasteiger charge is 2.20. The van der Waals surface area contributed by atoms with Crippen LogP contribution in [-0.2, 0) is 14.3 Å². The summed E-state index contributed by atoms with van der Waals surface area (Å²) in [5.74, 6) is -0.0588. The van der Waals surface area contributed by atoms with Crippen molar-refractivity contribution in [1.82, 2.24) is 5.32 Å². The third-order valence-electron chi connectivity index (χ3n) is 14.7. The number of hydrogen-bond acceptors (Lipinski definition) is 5. The van der Waals surface area contributed by atoms with Gasteiger partial charge in [0.2, 0.25) is 5.91 Å². The molecule has 2 atom stereocenters. The van der Waals surface area contributed by atoms with Crippen LogP contribution in [-0.4, -0.2) is 47.4 Å². The zero-order valence-corrected chi connectivity index (χ0v) is 47.7. The number of carbonyl (C=O) groups is 2. The first kappa shape index (κ1) is 69.1. The number of unbranched alkanes of at least 4 members (excludes halogenated alkanes) is 43. The lowest BCUT2D eigenvalue weighted by Crippen LogP contribution is -2.45. The first-order chi connectivity index (χ1) is 35.0. The Morgan fingerprint density at radius 3 is 1.08 bits per heavy atom. The summed E-state index contributed by atoms with van der Waals surface area (Å²) in [7, 11) is 0. The van der Waals surface area contributed by atoms with E-state index >= 15 is 0 Å². The van der Waals surface area contributed by atoms with E-state index in [-0.39, 0.29) is 18.5 Å². The second-order valence-corrected chi connectivity index (χ2v) is 21.8. The predicted octanol–water partition coefficient (Wildman–Crippen LogP) is 20.0. The highest BCUT2D eigenvalue weighted by molar-refractivity contribution is 5.76. The standard InChI is InChI=1S/C65H123NO5/c1-3-5-7-9-11-13-15-17-19-21-27-31-35-39-43-47-51-55-59-65(70)71-60-56-52-48-44-40-36-32-28-24-22-23-26-30-34-38-42-46-50-54-58-64(69)66-62(61-67)63(68)57-53-49-45-41-37-33-29-25-20-18-16-14-12-10-8-6-4-2/h19,21,28,32,36,40,62-63,67-68H,3-18,20,22-27,29-31,33-35,37-39,41-61H2,1-2H3,(H,66,69)/b21-19-,32-28-,40-36-. The molecule has 71 heavy (non-hydrogen) atoms. The molecule has 0 spiro atoms. The van der Waals surface area contributed by atoms with Crippen molar-refractivity contribution in [1.29, 1.82) is 0 Å². The first-order valence-electron chi connectivity index (χ1n) is 31.8. The van der Waals surface area contributed by atoms with Gasteiger partial charge in [-0.25, -0.2) is 0 Å². The van der Waals surface area contributed by atoms with Crippen molar-refractivity contribution in [2.45, 2.75) is 353 Å². The maximum atomic E-state index is 12.5. The number of rotatable bonds is 59. The van der Waals surface area contributed by atoms with Crippen molar-refractivity contribution >= 4 is 11.9 Å². The lowest BCUT2D eigenvalue weighted by atomic mass is 10.0. The average Bonchev–Trinajstić information content (AvgIpc) is 3.37. The molecule has 0 aromatic carbocycles. The van der Waals surface area contributed by atoms with E-state index in [1.54, 1.807) is 0 Å². The van der Waals surface area contributed by atoms with E-state index in [0.29, 0.717) is 25.9 Å². The van der Waals surface area contributed by atoms with Crippen LogP contribution in [0.15, 0.2) is 36.5 Å². The van der Waals surface area contributed by atoms with Crippen molar-refractivity contribution in [2.24, 2.45) is 0 Å². The Balaban J connectivity index is 3.47. The molecule has 3 N–H and O–H groups in total. The van der Waals surface area contributed by atoms with E-state index in [1.165, 1.54) is 238 Å². The average molecular weight is 999 g/mol. The second-order valence-electron chi connectivity index (χ2n) is 21.8. The van der Waals surface area contributed by atoms with Gasteiger partial charge in [0, 0.05) is 12.8 Å². The first-order valence-corrected chi connectivity index (χ1v) is 31.8. The lowest BCUT2D eigenvalue weighted by molar-refractivity contribution is -0.143. The number of ether oxygens (including phenoxy) is 1. The largest absolute Gasteiger partial charge is 0.466 e. The Kier molecular flexibility index (Phi) is 59.0. The minimum Gasteiger partial charge on any atom is -0.466 e. The Labute approximate surface area is 443 Å². The zero-order chi connectivity index (χ0) is 51.4. The normalized spacial score (nSPS) is 12.8. The Morgan fingerprint density at radius 1 is 0.394 bits per heavy atom. The third kappa shape index (κ3) is 57.2. The summed E-state index contributed by atoms with van der Waals surface area (Å²) in [5, 5.41) is 23.3. The molecule has 0 radical (unpaired) electrons. The number of aliphatic hydroxyl groups excluding tert-OH is 2. The lowest BCUT2D eigenvalue weighted by Gasteiger charge is -2.22. The van der Waals surface area contributed by atoms with Crippen molar-refractivity contribution in [3.8, 4) is 0 Å². The summed E-state index contributed by atoms with van der Waals surface area (Å²) in [5.41, 5.74) is 0. The van der Waals surface area contributed by atoms with Gasteiger partial charge in [0.15, 0.2) is 0 Å². The van der Waals surface area contributed by atoms with Gasteiger partial charge in [0.25, 0.3) is 0 Å². The third-order valence-corrected chi connectivity index (χ3v) is 14.7. The summed E-state index contributed by atoms with van der Waals surface area (Å²) in [6.45, 7) is 4.93. The van der Waals surface area contributed by atoms with Crippen LogP contribution in [0.4, 0.5) is 0 Å². The molecule has 6 heteroatoms. The fourth-order valence-electron chi connectivity index (χ4n) is 9.80. The molecule has 0 saturated carbocycles. The van der Waals surface area contributed by atoms with Crippen molar-refractivity contribution in [2.75, 3.05) is 13.2 Å². The Bertz CT molecular complexity index is 1150. The number of allylic oxidation sites excluding steroid dienone is 6. The summed E-state index contributed by atoms with van der Waals surface area (Å²) < 4.78 is 5.47. The van der Waals surface area contributed by atoms with E-state index in [4.69, 9.17) is 4.74 Å². The molecule has 0 aliphatic heterocycles. The van der Waals surface area contributed by atoms with Crippen LogP contribution in [0.2, 0.25) is 0 Å². The summed E-state index contributed by atoms with van der Waals surface area (Å²) in [6.07, 6.45) is 75.8. The van der Waals surface area contributed by atoms with E-state index in [2.05, 4.69) is 55.6 Å². The van der Waals surface area contributed by atoms with Crippen LogP contribution in [0.25, 0.3) is 0 Å². The maximum Gasteiger partial charge on any atom is 0.305 e. The SMILES string of the molecule is CCCCCCCCC/C=C\CCCCCCCCCC(=O)OCCCCC/C=C\C=C/CCCCCCCCCCCCC(=O)NC(CO)C(O)CCCCCCCCCCCCCCCCCCC. The van der Waals surface area contributed by atoms with Crippen LogP contribution in [0.1, 0.15) is 341 Å². The zero-order valence-electron chi connectivity index (χ0n) is 47.7. The molecule has 0 rings (SSSR count). The van der Waals surface area contributed by atoms with Crippen molar-refractivity contribution < 1.29 is 24.5 Å². The van der Waals surface area contributed by atoms with Gasteiger partial charge in [-0.2, -0.15) is 0 Å². The number of esters is 1. The highest BCUT2D eigenvalue weighted by atomic mass is 16.5. The van der Waals surface area contributed by atoms with Gasteiger partial charge in [0.1, 0.15) is 0 Å². The fourth-order valence-corrected chi connectivity index (χ4v) is 9.80. The minimum atomic E-state index is -0.672. The molecular weight excluding hydrogens is 875 g/mol. The van der Waals surface area contributed by atoms with Gasteiger partial charge in [-0.15, -0.1) is 0 Å². The smallest absolute Gasteiger partial charge is 0.305 e. The molecule has 0 aromatic heterocycles. The molecule has 0 aliphatic rings. The number of amides is 1.